The third-order valence-electron chi connectivity index (χ3n) is 3.75. The Morgan fingerprint density at radius 1 is 0.750 bits per heavy atom. The van der Waals surface area contributed by atoms with Gasteiger partial charge < -0.3 is 5.32 Å². The van der Waals surface area contributed by atoms with Gasteiger partial charge >= 0.3 is 0 Å². The Morgan fingerprint density at radius 2 is 1.29 bits per heavy atom. The third-order valence-corrected chi connectivity index (χ3v) is 3.75. The molecule has 0 spiro atoms. The van der Waals surface area contributed by atoms with Crippen LogP contribution in [0, 0.1) is 6.92 Å². The van der Waals surface area contributed by atoms with Crippen molar-refractivity contribution >= 4 is 17.2 Å². The number of carbonyl (C=O) groups is 1. The van der Waals surface area contributed by atoms with Crippen molar-refractivity contribution < 1.29 is 4.79 Å². The highest BCUT2D eigenvalue weighted by Crippen LogP contribution is 2.20. The average Bonchev–Trinajstić information content (AvgIpc) is 2.64. The van der Waals surface area contributed by atoms with Crippen molar-refractivity contribution in [3.8, 4) is 0 Å². The lowest BCUT2D eigenvalue weighted by molar-refractivity contribution is 0.104. The predicted octanol–water partition coefficient (Wildman–Crippen LogP) is 5.33. The summed E-state index contributed by atoms with van der Waals surface area (Å²) >= 11 is 0. The largest absolute Gasteiger partial charge is 0.355 e. The molecule has 0 saturated carbocycles. The first-order valence-corrected chi connectivity index (χ1v) is 7.92. The van der Waals surface area contributed by atoms with Gasteiger partial charge in [-0.2, -0.15) is 0 Å². The van der Waals surface area contributed by atoms with Gasteiger partial charge in [-0.1, -0.05) is 78.4 Å². The van der Waals surface area contributed by atoms with Crippen LogP contribution in [0.25, 0.3) is 5.70 Å². The van der Waals surface area contributed by atoms with Gasteiger partial charge in [0.05, 0.1) is 0 Å². The van der Waals surface area contributed by atoms with Gasteiger partial charge in [-0.3, -0.25) is 4.79 Å². The molecule has 0 fully saturated rings. The molecular weight excluding hydrogens is 294 g/mol. The minimum atomic E-state index is -0.0194. The first-order chi connectivity index (χ1) is 11.7. The smallest absolute Gasteiger partial charge is 0.187 e. The van der Waals surface area contributed by atoms with E-state index in [-0.39, 0.29) is 5.78 Å². The van der Waals surface area contributed by atoms with Crippen molar-refractivity contribution in [3.05, 3.63) is 108 Å². The van der Waals surface area contributed by atoms with Gasteiger partial charge in [0.1, 0.15) is 0 Å². The van der Waals surface area contributed by atoms with Gasteiger partial charge in [-0.05, 0) is 24.6 Å². The molecule has 3 rings (SSSR count). The molecule has 0 aliphatic rings. The van der Waals surface area contributed by atoms with E-state index >= 15 is 0 Å². The Balaban J connectivity index is 1.94. The molecule has 2 heteroatoms. The summed E-state index contributed by atoms with van der Waals surface area (Å²) in [7, 11) is 0. The van der Waals surface area contributed by atoms with Crippen LogP contribution in [0.1, 0.15) is 21.5 Å². The van der Waals surface area contributed by atoms with E-state index in [0.717, 1.165) is 16.9 Å². The number of hydrogen-bond donors (Lipinski definition) is 1. The van der Waals surface area contributed by atoms with Crippen LogP contribution in [0.4, 0.5) is 5.69 Å². The molecule has 0 heterocycles. The highest BCUT2D eigenvalue weighted by molar-refractivity contribution is 6.09. The molecule has 3 aromatic carbocycles. The second-order valence-electron chi connectivity index (χ2n) is 5.65. The zero-order chi connectivity index (χ0) is 16.8. The molecule has 0 aliphatic carbocycles. The number of ketones is 1. The second kappa shape index (κ2) is 7.42. The minimum absolute atomic E-state index is 0.0194. The molecule has 0 bridgehead atoms. The zero-order valence-corrected chi connectivity index (χ0v) is 13.6. The molecule has 24 heavy (non-hydrogen) atoms. The topological polar surface area (TPSA) is 29.1 Å². The van der Waals surface area contributed by atoms with Crippen LogP contribution in [0.15, 0.2) is 91.0 Å². The molecule has 0 radical (unpaired) electrons. The predicted molar refractivity (Wildman–Crippen MR) is 100.0 cm³/mol. The molecule has 0 amide bonds. The van der Waals surface area contributed by atoms with Gasteiger partial charge in [0.15, 0.2) is 5.78 Å². The Kier molecular flexibility index (Phi) is 4.87. The quantitative estimate of drug-likeness (QED) is 0.509. The van der Waals surface area contributed by atoms with E-state index in [1.54, 1.807) is 6.08 Å². The second-order valence-corrected chi connectivity index (χ2v) is 5.65. The molecule has 0 aliphatic heterocycles. The van der Waals surface area contributed by atoms with Crippen LogP contribution in [0.3, 0.4) is 0 Å². The molecule has 0 unspecified atom stereocenters. The lowest BCUT2D eigenvalue weighted by Crippen LogP contribution is -2.03. The maximum absolute atomic E-state index is 12.6. The molecular formula is C22H19NO. The molecule has 0 saturated heterocycles. The maximum Gasteiger partial charge on any atom is 0.187 e. The molecule has 2 nitrogen and oxygen atoms in total. The van der Waals surface area contributed by atoms with Crippen LogP contribution < -0.4 is 5.32 Å². The number of aryl methyl sites for hydroxylation is 1. The number of carbonyl (C=O) groups excluding carboxylic acids is 1. The van der Waals surface area contributed by atoms with E-state index in [4.69, 9.17) is 0 Å². The highest BCUT2D eigenvalue weighted by atomic mass is 16.1. The summed E-state index contributed by atoms with van der Waals surface area (Å²) in [6, 6.07) is 27.3. The summed E-state index contributed by atoms with van der Waals surface area (Å²) in [5.41, 5.74) is 4.59. The van der Waals surface area contributed by atoms with Crippen molar-refractivity contribution in [1.29, 1.82) is 0 Å². The molecule has 3 aromatic rings. The lowest BCUT2D eigenvalue weighted by atomic mass is 10.1. The van der Waals surface area contributed by atoms with Crippen molar-refractivity contribution in [2.24, 2.45) is 0 Å². The first kappa shape index (κ1) is 15.8. The Morgan fingerprint density at radius 3 is 1.88 bits per heavy atom. The fraction of sp³-hybridized carbons (Fsp3) is 0.0455. The molecule has 118 valence electrons. The minimum Gasteiger partial charge on any atom is -0.355 e. The van der Waals surface area contributed by atoms with Crippen LogP contribution in [0.2, 0.25) is 0 Å². The molecule has 1 N–H and O–H groups in total. The Labute approximate surface area is 142 Å². The van der Waals surface area contributed by atoms with Crippen LogP contribution in [-0.4, -0.2) is 5.78 Å². The van der Waals surface area contributed by atoms with Crippen LogP contribution >= 0.6 is 0 Å². The van der Waals surface area contributed by atoms with Crippen molar-refractivity contribution in [1.82, 2.24) is 0 Å². The van der Waals surface area contributed by atoms with E-state index in [9.17, 15) is 4.79 Å². The summed E-state index contributed by atoms with van der Waals surface area (Å²) in [4.78, 5) is 12.6. The van der Waals surface area contributed by atoms with Gasteiger partial charge in [-0.15, -0.1) is 0 Å². The summed E-state index contributed by atoms with van der Waals surface area (Å²) in [6.45, 7) is 2.05. The number of rotatable bonds is 5. The van der Waals surface area contributed by atoms with Crippen molar-refractivity contribution in [2.75, 3.05) is 5.32 Å². The van der Waals surface area contributed by atoms with E-state index in [1.807, 2.05) is 84.9 Å². The average molecular weight is 313 g/mol. The van der Waals surface area contributed by atoms with E-state index in [2.05, 4.69) is 12.2 Å². The standard InChI is InChI=1S/C22H19NO/c1-17-12-14-20(15-13-17)23-21(18-8-4-2-5-9-18)16-22(24)19-10-6-3-7-11-19/h2-16,23H,1H3/b21-16-. The monoisotopic (exact) mass is 313 g/mol. The summed E-state index contributed by atoms with van der Waals surface area (Å²) in [5, 5.41) is 3.36. The van der Waals surface area contributed by atoms with Crippen molar-refractivity contribution in [2.45, 2.75) is 6.92 Å². The molecule has 0 aromatic heterocycles. The van der Waals surface area contributed by atoms with Gasteiger partial charge in [0.2, 0.25) is 0 Å². The summed E-state index contributed by atoms with van der Waals surface area (Å²) in [6.07, 6.45) is 1.66. The van der Waals surface area contributed by atoms with Crippen molar-refractivity contribution in [3.63, 3.8) is 0 Å². The van der Waals surface area contributed by atoms with Gasteiger partial charge in [0, 0.05) is 23.0 Å². The number of hydrogen-bond acceptors (Lipinski definition) is 2. The Bertz CT molecular complexity index is 834. The number of benzene rings is 3. The van der Waals surface area contributed by atoms with E-state index < -0.39 is 0 Å². The molecule has 0 atom stereocenters. The number of nitrogens with one attached hydrogen (secondary N) is 1. The van der Waals surface area contributed by atoms with Crippen LogP contribution in [0.5, 0.6) is 0 Å². The first-order valence-electron chi connectivity index (χ1n) is 7.92. The van der Waals surface area contributed by atoms with Gasteiger partial charge in [-0.25, -0.2) is 0 Å². The summed E-state index contributed by atoms with van der Waals surface area (Å²) < 4.78 is 0. The fourth-order valence-corrected chi connectivity index (χ4v) is 2.42. The SMILES string of the molecule is Cc1ccc(N/C(=C\C(=O)c2ccccc2)c2ccccc2)cc1. The van der Waals surface area contributed by atoms with E-state index in [0.29, 0.717) is 5.56 Å². The zero-order valence-electron chi connectivity index (χ0n) is 13.6. The van der Waals surface area contributed by atoms with Crippen LogP contribution in [-0.2, 0) is 0 Å². The number of allylic oxidation sites excluding steroid dienone is 1. The Hall–Kier alpha value is -3.13. The summed E-state index contributed by atoms with van der Waals surface area (Å²) in [5.74, 6) is -0.0194. The maximum atomic E-state index is 12.6. The normalized spacial score (nSPS) is 11.1. The van der Waals surface area contributed by atoms with E-state index in [1.165, 1.54) is 5.56 Å². The third kappa shape index (κ3) is 3.99. The van der Waals surface area contributed by atoms with Gasteiger partial charge in [0.25, 0.3) is 0 Å². The number of anilines is 1. The lowest BCUT2D eigenvalue weighted by Gasteiger charge is -2.12. The highest BCUT2D eigenvalue weighted by Gasteiger charge is 2.07. The fourth-order valence-electron chi connectivity index (χ4n) is 2.42.